The first-order valence-electron chi connectivity index (χ1n) is 6.53. The van der Waals surface area contributed by atoms with Gasteiger partial charge in [0.15, 0.2) is 0 Å². The molecule has 0 fully saturated rings. The largest absolute Gasteiger partial charge is 0.424 e. The van der Waals surface area contributed by atoms with Crippen molar-refractivity contribution >= 4 is 0 Å². The van der Waals surface area contributed by atoms with Crippen molar-refractivity contribution in [3.8, 4) is 0 Å². The highest BCUT2D eigenvalue weighted by Gasteiger charge is 2.07. The molecule has 0 radical (unpaired) electrons. The summed E-state index contributed by atoms with van der Waals surface area (Å²) >= 11 is 0. The van der Waals surface area contributed by atoms with E-state index in [2.05, 4.69) is 44.9 Å². The first-order chi connectivity index (χ1) is 9.04. The molecule has 0 unspecified atom stereocenters. The van der Waals surface area contributed by atoms with Gasteiger partial charge < -0.3 is 4.42 Å². The lowest BCUT2D eigenvalue weighted by Gasteiger charge is -2.14. The topological polar surface area (TPSA) is 60.0 Å². The highest BCUT2D eigenvalue weighted by atomic mass is 16.4. The maximum atomic E-state index is 5.36. The van der Waals surface area contributed by atoms with Gasteiger partial charge in [-0.25, -0.2) is 0 Å². The van der Waals surface area contributed by atoms with E-state index in [1.54, 1.807) is 6.92 Å². The fourth-order valence-corrected chi connectivity index (χ4v) is 2.10. The molecular formula is C13H21N5O. The lowest BCUT2D eigenvalue weighted by atomic mass is 10.3. The Morgan fingerprint density at radius 2 is 2.05 bits per heavy atom. The molecule has 2 aromatic rings. The van der Waals surface area contributed by atoms with Crippen molar-refractivity contribution in [3.63, 3.8) is 0 Å². The lowest BCUT2D eigenvalue weighted by molar-refractivity contribution is 0.275. The summed E-state index contributed by atoms with van der Waals surface area (Å²) in [6.45, 7) is 8.52. The maximum Gasteiger partial charge on any atom is 0.230 e. The van der Waals surface area contributed by atoms with Gasteiger partial charge >= 0.3 is 0 Å². The van der Waals surface area contributed by atoms with E-state index < -0.39 is 0 Å². The van der Waals surface area contributed by atoms with Crippen molar-refractivity contribution in [3.05, 3.63) is 29.2 Å². The molecule has 0 spiro atoms. The van der Waals surface area contributed by atoms with Crippen LogP contribution in [-0.2, 0) is 13.1 Å². The van der Waals surface area contributed by atoms with Crippen LogP contribution in [0.5, 0.6) is 0 Å². The van der Waals surface area contributed by atoms with E-state index in [4.69, 9.17) is 4.42 Å². The van der Waals surface area contributed by atoms with Crippen LogP contribution >= 0.6 is 0 Å². The van der Waals surface area contributed by atoms with E-state index in [1.807, 2.05) is 6.92 Å². The zero-order valence-corrected chi connectivity index (χ0v) is 12.1. The third-order valence-electron chi connectivity index (χ3n) is 2.99. The predicted octanol–water partition coefficient (Wildman–Crippen LogP) is 1.71. The standard InChI is InChI=1S/C13H21N5O/c1-10-8-11(2)18(16-10)7-5-6-17(4)9-13-15-14-12(3)19-13/h8H,5-7,9H2,1-4H3. The van der Waals surface area contributed by atoms with Crippen molar-refractivity contribution in [2.45, 2.75) is 40.3 Å². The average molecular weight is 263 g/mol. The van der Waals surface area contributed by atoms with Crippen molar-refractivity contribution in [1.29, 1.82) is 0 Å². The molecule has 0 amide bonds. The normalized spacial score (nSPS) is 11.4. The highest BCUT2D eigenvalue weighted by Crippen LogP contribution is 2.05. The van der Waals surface area contributed by atoms with E-state index in [9.17, 15) is 0 Å². The minimum Gasteiger partial charge on any atom is -0.424 e. The van der Waals surface area contributed by atoms with Crippen LogP contribution in [0.1, 0.15) is 29.6 Å². The first-order valence-corrected chi connectivity index (χ1v) is 6.53. The number of hydrogen-bond donors (Lipinski definition) is 0. The Morgan fingerprint density at radius 3 is 2.63 bits per heavy atom. The lowest BCUT2D eigenvalue weighted by Crippen LogP contribution is -2.21. The summed E-state index contributed by atoms with van der Waals surface area (Å²) in [6.07, 6.45) is 1.05. The fraction of sp³-hybridized carbons (Fsp3) is 0.615. The Hall–Kier alpha value is -1.69. The number of rotatable bonds is 6. The van der Waals surface area contributed by atoms with Crippen LogP contribution in [0.3, 0.4) is 0 Å². The van der Waals surface area contributed by atoms with Crippen molar-refractivity contribution in [1.82, 2.24) is 24.9 Å². The summed E-state index contributed by atoms with van der Waals surface area (Å²) in [4.78, 5) is 2.18. The van der Waals surface area contributed by atoms with Gasteiger partial charge in [0.25, 0.3) is 0 Å². The minimum absolute atomic E-state index is 0.617. The molecule has 0 aliphatic carbocycles. The summed E-state index contributed by atoms with van der Waals surface area (Å²) in [5, 5.41) is 12.3. The van der Waals surface area contributed by atoms with Gasteiger partial charge in [-0.05, 0) is 33.4 Å². The number of aromatic nitrogens is 4. The molecular weight excluding hydrogens is 242 g/mol. The molecule has 6 heteroatoms. The van der Waals surface area contributed by atoms with Gasteiger partial charge in [-0.2, -0.15) is 5.10 Å². The first kappa shape index (κ1) is 13.7. The van der Waals surface area contributed by atoms with Crippen molar-refractivity contribution in [2.75, 3.05) is 13.6 Å². The molecule has 0 N–H and O–H groups in total. The number of hydrogen-bond acceptors (Lipinski definition) is 5. The van der Waals surface area contributed by atoms with Gasteiger partial charge in [0.05, 0.1) is 12.2 Å². The van der Waals surface area contributed by atoms with Crippen LogP contribution in [0.15, 0.2) is 10.5 Å². The minimum atomic E-state index is 0.617. The molecule has 19 heavy (non-hydrogen) atoms. The second-order valence-electron chi connectivity index (χ2n) is 4.96. The van der Waals surface area contributed by atoms with E-state index in [0.29, 0.717) is 18.3 Å². The van der Waals surface area contributed by atoms with Crippen LogP contribution in [0, 0.1) is 20.8 Å². The Kier molecular flexibility index (Phi) is 4.31. The SMILES string of the molecule is Cc1cc(C)n(CCCN(C)Cc2nnc(C)o2)n1. The summed E-state index contributed by atoms with van der Waals surface area (Å²) in [5.41, 5.74) is 2.29. The smallest absolute Gasteiger partial charge is 0.230 e. The molecule has 2 aromatic heterocycles. The predicted molar refractivity (Wildman–Crippen MR) is 71.7 cm³/mol. The summed E-state index contributed by atoms with van der Waals surface area (Å²) in [6, 6.07) is 2.10. The Balaban J connectivity index is 1.75. The Labute approximate surface area is 113 Å². The van der Waals surface area contributed by atoms with Gasteiger partial charge in [0.2, 0.25) is 11.8 Å². The van der Waals surface area contributed by atoms with E-state index in [-0.39, 0.29) is 0 Å². The third kappa shape index (κ3) is 3.89. The Morgan fingerprint density at radius 1 is 1.26 bits per heavy atom. The number of nitrogens with zero attached hydrogens (tertiary/aromatic N) is 5. The van der Waals surface area contributed by atoms with E-state index >= 15 is 0 Å². The molecule has 0 aliphatic heterocycles. The molecule has 0 aliphatic rings. The molecule has 0 saturated carbocycles. The van der Waals surface area contributed by atoms with Gasteiger partial charge in [-0.3, -0.25) is 9.58 Å². The van der Waals surface area contributed by atoms with Crippen LogP contribution in [0.4, 0.5) is 0 Å². The van der Waals surface area contributed by atoms with Gasteiger partial charge in [-0.1, -0.05) is 0 Å². The van der Waals surface area contributed by atoms with E-state index in [1.165, 1.54) is 5.69 Å². The quantitative estimate of drug-likeness (QED) is 0.794. The second kappa shape index (κ2) is 5.97. The molecule has 2 rings (SSSR count). The van der Waals surface area contributed by atoms with Crippen LogP contribution < -0.4 is 0 Å². The van der Waals surface area contributed by atoms with Crippen LogP contribution in [-0.4, -0.2) is 38.5 Å². The van der Waals surface area contributed by atoms with Crippen LogP contribution in [0.2, 0.25) is 0 Å². The molecule has 104 valence electrons. The highest BCUT2D eigenvalue weighted by molar-refractivity contribution is 5.06. The maximum absolute atomic E-state index is 5.36. The Bertz CT molecular complexity index is 531. The third-order valence-corrected chi connectivity index (χ3v) is 2.99. The monoisotopic (exact) mass is 263 g/mol. The van der Waals surface area contributed by atoms with Crippen molar-refractivity contribution < 1.29 is 4.42 Å². The van der Waals surface area contributed by atoms with Gasteiger partial charge in [0.1, 0.15) is 0 Å². The molecule has 0 saturated heterocycles. The zero-order valence-electron chi connectivity index (χ0n) is 12.1. The molecule has 2 heterocycles. The fourth-order valence-electron chi connectivity index (χ4n) is 2.10. The summed E-state index contributed by atoms with van der Waals surface area (Å²) in [5.74, 6) is 1.29. The zero-order chi connectivity index (χ0) is 13.8. The van der Waals surface area contributed by atoms with E-state index in [0.717, 1.165) is 25.2 Å². The molecule has 0 atom stereocenters. The molecule has 6 nitrogen and oxygen atoms in total. The summed E-state index contributed by atoms with van der Waals surface area (Å²) in [7, 11) is 2.06. The van der Waals surface area contributed by atoms with Gasteiger partial charge in [0, 0.05) is 25.7 Å². The second-order valence-corrected chi connectivity index (χ2v) is 4.96. The molecule has 0 aromatic carbocycles. The average Bonchev–Trinajstić information content (AvgIpc) is 2.86. The van der Waals surface area contributed by atoms with Gasteiger partial charge in [-0.15, -0.1) is 10.2 Å². The molecule has 0 bridgehead atoms. The summed E-state index contributed by atoms with van der Waals surface area (Å²) < 4.78 is 7.42. The number of aryl methyl sites for hydroxylation is 4. The van der Waals surface area contributed by atoms with Crippen LogP contribution in [0.25, 0.3) is 0 Å². The van der Waals surface area contributed by atoms with Crippen molar-refractivity contribution in [2.24, 2.45) is 0 Å².